The van der Waals surface area contributed by atoms with Gasteiger partial charge in [-0.1, -0.05) is 0 Å². The highest BCUT2D eigenvalue weighted by molar-refractivity contribution is 8.01. The Morgan fingerprint density at radius 3 is 3.08 bits per heavy atom. The Kier molecular flexibility index (Phi) is 4.85. The van der Waals surface area contributed by atoms with Crippen molar-refractivity contribution in [2.45, 2.75) is 10.9 Å². The summed E-state index contributed by atoms with van der Waals surface area (Å²) in [4.78, 5) is 11.5. The molecule has 2 aliphatic rings. The third-order valence-corrected chi connectivity index (χ3v) is 5.81. The summed E-state index contributed by atoms with van der Waals surface area (Å²) in [5, 5.41) is 3.96. The Labute approximate surface area is 154 Å². The number of fused-ring (bicyclic) bond motifs is 1. The number of aliphatic imine (C=N–C) groups is 1. The highest BCUT2D eigenvalue weighted by atomic mass is 32.2. The first-order chi connectivity index (χ1) is 12.8. The second kappa shape index (κ2) is 7.43. The van der Waals surface area contributed by atoms with Crippen molar-refractivity contribution in [3.63, 3.8) is 0 Å². The fraction of sp³-hybridized carbons (Fsp3) is 0.333. The maximum absolute atomic E-state index is 13.0. The molecule has 0 saturated carbocycles. The van der Waals surface area contributed by atoms with Gasteiger partial charge in [-0.15, -0.1) is 0 Å². The average Bonchev–Trinajstić information content (AvgIpc) is 3.03. The van der Waals surface area contributed by atoms with E-state index in [1.54, 1.807) is 25.6 Å². The summed E-state index contributed by atoms with van der Waals surface area (Å²) < 4.78 is 24.1. The maximum Gasteiger partial charge on any atom is 0.201 e. The zero-order valence-electron chi connectivity index (χ0n) is 14.4. The molecule has 0 amide bonds. The summed E-state index contributed by atoms with van der Waals surface area (Å²) in [6, 6.07) is 9.24. The number of methoxy groups -OCH3 is 1. The van der Waals surface area contributed by atoms with Gasteiger partial charge in [-0.25, -0.2) is 9.20 Å². The van der Waals surface area contributed by atoms with Gasteiger partial charge in [-0.05, 0) is 30.3 Å². The lowest BCUT2D eigenvalue weighted by molar-refractivity contribution is 0.173. The van der Waals surface area contributed by atoms with Crippen molar-refractivity contribution < 1.29 is 13.7 Å². The van der Waals surface area contributed by atoms with Crippen molar-refractivity contribution in [1.29, 1.82) is 0 Å². The van der Waals surface area contributed by atoms with Gasteiger partial charge in [-0.2, -0.15) is 0 Å². The van der Waals surface area contributed by atoms with E-state index in [-0.39, 0.29) is 6.04 Å². The average molecular weight is 372 g/mol. The smallest absolute Gasteiger partial charge is 0.201 e. The minimum atomic E-state index is -1.31. The number of hydrogen-bond donors (Lipinski definition) is 1. The first-order valence-electron chi connectivity index (χ1n) is 8.45. The number of nitrogens with zero attached hydrogens (tertiary/aromatic N) is 3. The predicted octanol–water partition coefficient (Wildman–Crippen LogP) is 1.55. The van der Waals surface area contributed by atoms with Crippen molar-refractivity contribution in [1.82, 2.24) is 15.2 Å². The van der Waals surface area contributed by atoms with E-state index < -0.39 is 10.8 Å². The lowest BCUT2D eigenvalue weighted by Gasteiger charge is -2.36. The summed E-state index contributed by atoms with van der Waals surface area (Å²) in [5.74, 6) is 1.41. The molecule has 0 aliphatic carbocycles. The van der Waals surface area contributed by atoms with Gasteiger partial charge in [0.2, 0.25) is 5.17 Å². The molecule has 136 valence electrons. The topological polar surface area (TPSA) is 76.0 Å². The predicted molar refractivity (Wildman–Crippen MR) is 99.6 cm³/mol. The van der Waals surface area contributed by atoms with E-state index in [2.05, 4.69) is 20.2 Å². The van der Waals surface area contributed by atoms with Crippen molar-refractivity contribution in [3.05, 3.63) is 42.7 Å². The molecule has 2 unspecified atom stereocenters. The molecule has 1 saturated heterocycles. The molecular formula is C18H20N4O3S. The largest absolute Gasteiger partial charge is 0.497 e. The number of ether oxygens (including phenoxy) is 2. The van der Waals surface area contributed by atoms with Gasteiger partial charge >= 0.3 is 0 Å². The third-order valence-electron chi connectivity index (χ3n) is 4.42. The Morgan fingerprint density at radius 1 is 1.35 bits per heavy atom. The van der Waals surface area contributed by atoms with Crippen LogP contribution in [-0.2, 0) is 10.8 Å². The third kappa shape index (κ3) is 3.30. The number of hydrogen-bond acceptors (Lipinski definition) is 7. The van der Waals surface area contributed by atoms with E-state index >= 15 is 0 Å². The van der Waals surface area contributed by atoms with Crippen LogP contribution in [0, 0.1) is 0 Å². The van der Waals surface area contributed by atoms with E-state index in [9.17, 15) is 4.21 Å². The number of nitrogens with one attached hydrogen (secondary N) is 1. The quantitative estimate of drug-likeness (QED) is 0.878. The Bertz CT molecular complexity index is 844. The normalized spacial score (nSPS) is 21.9. The molecule has 8 heteroatoms. The molecule has 7 nitrogen and oxygen atoms in total. The van der Waals surface area contributed by atoms with Gasteiger partial charge in [0.25, 0.3) is 0 Å². The van der Waals surface area contributed by atoms with Crippen molar-refractivity contribution >= 4 is 21.7 Å². The Hall–Kier alpha value is -2.45. The fourth-order valence-electron chi connectivity index (χ4n) is 3.06. The molecule has 2 aliphatic heterocycles. The van der Waals surface area contributed by atoms with Gasteiger partial charge in [0.05, 0.1) is 29.9 Å². The van der Waals surface area contributed by atoms with Crippen LogP contribution >= 0.6 is 0 Å². The van der Waals surface area contributed by atoms with E-state index in [0.717, 1.165) is 31.1 Å². The van der Waals surface area contributed by atoms with Crippen LogP contribution in [0.2, 0.25) is 0 Å². The maximum atomic E-state index is 13.0. The Balaban J connectivity index is 1.52. The lowest BCUT2D eigenvalue weighted by atomic mass is 10.2. The molecule has 0 spiro atoms. The molecule has 2 atom stereocenters. The van der Waals surface area contributed by atoms with Crippen molar-refractivity contribution in [2.75, 3.05) is 33.4 Å². The standard InChI is InChI=1S/C18H20N4O3S/c1-24-14-4-5-16-17(9-14)26(23)18(21-16)22-8-7-20-10-13(22)12-25-15-3-2-6-19-11-15/h2-6,9,11,13,20H,7-8,10,12H2,1H3. The van der Waals surface area contributed by atoms with Gasteiger partial charge in [0.15, 0.2) is 0 Å². The van der Waals surface area contributed by atoms with E-state index in [1.165, 1.54) is 0 Å². The highest BCUT2D eigenvalue weighted by Crippen LogP contribution is 2.34. The summed E-state index contributed by atoms with van der Waals surface area (Å²) in [5.41, 5.74) is 0.740. The molecule has 0 bridgehead atoms. The van der Waals surface area contributed by atoms with Gasteiger partial charge in [-0.3, -0.25) is 4.98 Å². The first kappa shape index (κ1) is 17.0. The van der Waals surface area contributed by atoms with Gasteiger partial charge in [0, 0.05) is 25.8 Å². The van der Waals surface area contributed by atoms with Crippen LogP contribution in [0.4, 0.5) is 5.69 Å². The fourth-order valence-corrected chi connectivity index (χ4v) is 4.42. The number of amidine groups is 1. The molecule has 3 heterocycles. The zero-order valence-corrected chi connectivity index (χ0v) is 15.2. The van der Waals surface area contributed by atoms with Gasteiger partial charge in [0.1, 0.15) is 28.9 Å². The second-order valence-corrected chi connectivity index (χ2v) is 7.39. The van der Waals surface area contributed by atoms with Crippen LogP contribution in [-0.4, -0.2) is 58.7 Å². The molecule has 0 radical (unpaired) electrons. The lowest BCUT2D eigenvalue weighted by Crippen LogP contribution is -2.56. The highest BCUT2D eigenvalue weighted by Gasteiger charge is 2.34. The molecular weight excluding hydrogens is 352 g/mol. The summed E-state index contributed by atoms with van der Waals surface area (Å²) in [6.45, 7) is 2.76. The molecule has 1 aromatic carbocycles. The number of pyridine rings is 1. The first-order valence-corrected chi connectivity index (χ1v) is 9.60. The van der Waals surface area contributed by atoms with Crippen LogP contribution in [0.5, 0.6) is 11.5 Å². The Morgan fingerprint density at radius 2 is 2.27 bits per heavy atom. The molecule has 4 rings (SSSR count). The minimum Gasteiger partial charge on any atom is -0.497 e. The summed E-state index contributed by atoms with van der Waals surface area (Å²) >= 11 is 0. The van der Waals surface area contributed by atoms with Crippen molar-refractivity contribution in [3.8, 4) is 11.5 Å². The van der Waals surface area contributed by atoms with E-state index in [0.29, 0.717) is 22.4 Å². The van der Waals surface area contributed by atoms with Crippen LogP contribution in [0.1, 0.15) is 0 Å². The summed E-state index contributed by atoms with van der Waals surface area (Å²) in [6.07, 6.45) is 3.40. The van der Waals surface area contributed by atoms with Crippen LogP contribution in [0.3, 0.4) is 0 Å². The monoisotopic (exact) mass is 372 g/mol. The SMILES string of the molecule is COc1ccc2c(c1)S(=O)C(N1CCNCC1COc1cccnc1)=N2. The molecule has 2 aromatic rings. The molecule has 26 heavy (non-hydrogen) atoms. The summed E-state index contributed by atoms with van der Waals surface area (Å²) in [7, 11) is 0.287. The molecule has 1 fully saturated rings. The van der Waals surface area contributed by atoms with E-state index in [4.69, 9.17) is 9.47 Å². The van der Waals surface area contributed by atoms with Crippen LogP contribution in [0.25, 0.3) is 0 Å². The second-order valence-electron chi connectivity index (χ2n) is 6.05. The zero-order chi connectivity index (χ0) is 17.9. The van der Waals surface area contributed by atoms with Crippen LogP contribution in [0.15, 0.2) is 52.6 Å². The number of benzene rings is 1. The number of rotatable bonds is 4. The van der Waals surface area contributed by atoms with Crippen molar-refractivity contribution in [2.24, 2.45) is 4.99 Å². The minimum absolute atomic E-state index is 0.0443. The number of piperazine rings is 1. The number of aromatic nitrogens is 1. The van der Waals surface area contributed by atoms with Crippen LogP contribution < -0.4 is 14.8 Å². The molecule has 1 aromatic heterocycles. The van der Waals surface area contributed by atoms with Gasteiger partial charge < -0.3 is 19.7 Å². The molecule has 1 N–H and O–H groups in total. The van der Waals surface area contributed by atoms with E-state index in [1.807, 2.05) is 24.3 Å².